The molecule has 0 aromatic rings. The van der Waals surface area contributed by atoms with Gasteiger partial charge in [0.1, 0.15) is 0 Å². The third-order valence-electron chi connectivity index (χ3n) is 2.23. The molecule has 0 radical (unpaired) electrons. The van der Waals surface area contributed by atoms with Gasteiger partial charge in [0.2, 0.25) is 0 Å². The van der Waals surface area contributed by atoms with Gasteiger partial charge in [-0.3, -0.25) is 0 Å². The summed E-state index contributed by atoms with van der Waals surface area (Å²) in [6.45, 7) is 1.88. The van der Waals surface area contributed by atoms with Crippen LogP contribution < -0.4 is 0 Å². The lowest BCUT2D eigenvalue weighted by Crippen LogP contribution is -2.07. The predicted molar refractivity (Wildman–Crippen MR) is 46.8 cm³/mol. The van der Waals surface area contributed by atoms with Gasteiger partial charge in [0, 0.05) is 18.1 Å². The molecule has 0 amide bonds. The molecular formula is C8H15N3O. The van der Waals surface area contributed by atoms with E-state index in [1.165, 1.54) is 25.7 Å². The third kappa shape index (κ3) is 3.60. The Balaban J connectivity index is 1.91. The van der Waals surface area contributed by atoms with E-state index >= 15 is 0 Å². The standard InChI is InChI=1S/C8H15N3O/c9-11-10-5-6-12-7-8-3-1-2-4-8/h8H,1-7H2. The van der Waals surface area contributed by atoms with E-state index in [4.69, 9.17) is 10.3 Å². The van der Waals surface area contributed by atoms with Crippen LogP contribution in [0, 0.1) is 5.92 Å². The van der Waals surface area contributed by atoms with E-state index in [2.05, 4.69) is 10.0 Å². The van der Waals surface area contributed by atoms with Gasteiger partial charge in [-0.25, -0.2) is 0 Å². The highest BCUT2D eigenvalue weighted by molar-refractivity contribution is 4.66. The highest BCUT2D eigenvalue weighted by atomic mass is 16.5. The molecule has 4 heteroatoms. The second-order valence-corrected chi connectivity index (χ2v) is 3.18. The van der Waals surface area contributed by atoms with E-state index < -0.39 is 0 Å². The van der Waals surface area contributed by atoms with Gasteiger partial charge in [-0.2, -0.15) is 0 Å². The number of hydrogen-bond donors (Lipinski definition) is 0. The normalized spacial score (nSPS) is 17.7. The molecule has 0 N–H and O–H groups in total. The third-order valence-corrected chi connectivity index (χ3v) is 2.23. The van der Waals surface area contributed by atoms with Gasteiger partial charge in [-0.1, -0.05) is 18.0 Å². The summed E-state index contributed by atoms with van der Waals surface area (Å²) < 4.78 is 5.35. The summed E-state index contributed by atoms with van der Waals surface area (Å²) in [5.41, 5.74) is 7.98. The van der Waals surface area contributed by atoms with Crippen molar-refractivity contribution in [1.82, 2.24) is 0 Å². The summed E-state index contributed by atoms with van der Waals surface area (Å²) in [5.74, 6) is 0.760. The minimum absolute atomic E-state index is 0.462. The lowest BCUT2D eigenvalue weighted by molar-refractivity contribution is 0.108. The molecule has 1 saturated carbocycles. The molecule has 0 saturated heterocycles. The Morgan fingerprint density at radius 3 is 2.83 bits per heavy atom. The first-order valence-corrected chi connectivity index (χ1v) is 4.52. The van der Waals surface area contributed by atoms with Gasteiger partial charge in [-0.05, 0) is 24.3 Å². The maximum atomic E-state index is 7.98. The minimum Gasteiger partial charge on any atom is -0.381 e. The predicted octanol–water partition coefficient (Wildman–Crippen LogP) is 2.50. The molecule has 0 unspecified atom stereocenters. The first kappa shape index (κ1) is 9.36. The van der Waals surface area contributed by atoms with E-state index in [1.807, 2.05) is 0 Å². The second-order valence-electron chi connectivity index (χ2n) is 3.18. The number of nitrogens with zero attached hydrogens (tertiary/aromatic N) is 3. The number of azide groups is 1. The van der Waals surface area contributed by atoms with Crippen molar-refractivity contribution < 1.29 is 4.74 Å². The summed E-state index contributed by atoms with van der Waals surface area (Å²) in [6.07, 6.45) is 5.32. The van der Waals surface area contributed by atoms with Crippen molar-refractivity contribution in [2.45, 2.75) is 25.7 Å². The van der Waals surface area contributed by atoms with Crippen molar-refractivity contribution in [3.63, 3.8) is 0 Å². The van der Waals surface area contributed by atoms with Crippen LogP contribution in [0.25, 0.3) is 10.4 Å². The Morgan fingerprint density at radius 2 is 2.17 bits per heavy atom. The molecule has 1 rings (SSSR count). The van der Waals surface area contributed by atoms with Crippen LogP contribution in [0.4, 0.5) is 0 Å². The van der Waals surface area contributed by atoms with Crippen LogP contribution in [0.1, 0.15) is 25.7 Å². The number of ether oxygens (including phenoxy) is 1. The molecule has 1 aliphatic rings. The van der Waals surface area contributed by atoms with Crippen LogP contribution >= 0.6 is 0 Å². The fraction of sp³-hybridized carbons (Fsp3) is 1.00. The summed E-state index contributed by atoms with van der Waals surface area (Å²) in [6, 6.07) is 0. The molecule has 12 heavy (non-hydrogen) atoms. The molecule has 0 aromatic heterocycles. The van der Waals surface area contributed by atoms with Crippen molar-refractivity contribution in [3.8, 4) is 0 Å². The van der Waals surface area contributed by atoms with Crippen LogP contribution in [0.5, 0.6) is 0 Å². The van der Waals surface area contributed by atoms with Crippen molar-refractivity contribution >= 4 is 0 Å². The molecule has 0 aliphatic heterocycles. The lowest BCUT2D eigenvalue weighted by atomic mass is 10.1. The summed E-state index contributed by atoms with van der Waals surface area (Å²) in [4.78, 5) is 2.65. The maximum absolute atomic E-state index is 7.98. The zero-order valence-corrected chi connectivity index (χ0v) is 7.28. The van der Waals surface area contributed by atoms with Gasteiger partial charge in [0.25, 0.3) is 0 Å². The largest absolute Gasteiger partial charge is 0.381 e. The molecule has 1 fully saturated rings. The van der Waals surface area contributed by atoms with Crippen molar-refractivity contribution in [1.29, 1.82) is 0 Å². The topological polar surface area (TPSA) is 58.0 Å². The van der Waals surface area contributed by atoms with Crippen LogP contribution in [0.3, 0.4) is 0 Å². The van der Waals surface area contributed by atoms with Gasteiger partial charge < -0.3 is 4.74 Å². The van der Waals surface area contributed by atoms with Crippen LogP contribution in [-0.2, 0) is 4.74 Å². The molecular weight excluding hydrogens is 154 g/mol. The number of rotatable bonds is 5. The summed E-state index contributed by atoms with van der Waals surface area (Å²) in [7, 11) is 0. The lowest BCUT2D eigenvalue weighted by Gasteiger charge is -2.07. The molecule has 0 aromatic carbocycles. The van der Waals surface area contributed by atoms with Gasteiger partial charge in [0.05, 0.1) is 6.61 Å². The van der Waals surface area contributed by atoms with Crippen molar-refractivity contribution in [3.05, 3.63) is 10.4 Å². The van der Waals surface area contributed by atoms with Crippen LogP contribution in [0.2, 0.25) is 0 Å². The van der Waals surface area contributed by atoms with E-state index in [0.29, 0.717) is 13.2 Å². The molecule has 0 bridgehead atoms. The van der Waals surface area contributed by atoms with Crippen LogP contribution in [-0.4, -0.2) is 19.8 Å². The quantitative estimate of drug-likeness (QED) is 0.270. The SMILES string of the molecule is [N-]=[N+]=NCCOCC1CCCC1. The van der Waals surface area contributed by atoms with E-state index in [9.17, 15) is 0 Å². The smallest absolute Gasteiger partial charge is 0.0522 e. The fourth-order valence-corrected chi connectivity index (χ4v) is 1.58. The molecule has 0 heterocycles. The Bertz CT molecular complexity index is 160. The van der Waals surface area contributed by atoms with Gasteiger partial charge in [-0.15, -0.1) is 0 Å². The highest BCUT2D eigenvalue weighted by Crippen LogP contribution is 2.24. The maximum Gasteiger partial charge on any atom is 0.0522 e. The second kappa shape index (κ2) is 5.86. The Labute approximate surface area is 72.5 Å². The van der Waals surface area contributed by atoms with Crippen molar-refractivity contribution in [2.24, 2.45) is 11.0 Å². The molecule has 0 spiro atoms. The van der Waals surface area contributed by atoms with Gasteiger partial charge in [0.15, 0.2) is 0 Å². The zero-order valence-electron chi connectivity index (χ0n) is 7.28. The fourth-order valence-electron chi connectivity index (χ4n) is 1.58. The molecule has 68 valence electrons. The Hall–Kier alpha value is -0.730. The van der Waals surface area contributed by atoms with Crippen LogP contribution in [0.15, 0.2) is 5.11 Å². The monoisotopic (exact) mass is 169 g/mol. The molecule has 4 nitrogen and oxygen atoms in total. The zero-order chi connectivity index (χ0) is 8.65. The van der Waals surface area contributed by atoms with E-state index in [1.54, 1.807) is 0 Å². The molecule has 0 atom stereocenters. The molecule has 1 aliphatic carbocycles. The summed E-state index contributed by atoms with van der Waals surface area (Å²) in [5, 5.41) is 3.39. The van der Waals surface area contributed by atoms with E-state index in [-0.39, 0.29) is 0 Å². The van der Waals surface area contributed by atoms with Crippen molar-refractivity contribution in [2.75, 3.05) is 19.8 Å². The van der Waals surface area contributed by atoms with E-state index in [0.717, 1.165) is 12.5 Å². The average molecular weight is 169 g/mol. The Morgan fingerprint density at radius 1 is 1.42 bits per heavy atom. The first-order valence-electron chi connectivity index (χ1n) is 4.52. The summed E-state index contributed by atoms with van der Waals surface area (Å²) >= 11 is 0. The average Bonchev–Trinajstić information content (AvgIpc) is 2.57. The minimum atomic E-state index is 0.462. The highest BCUT2D eigenvalue weighted by Gasteiger charge is 2.14. The van der Waals surface area contributed by atoms with Gasteiger partial charge >= 0.3 is 0 Å². The first-order chi connectivity index (χ1) is 5.93. The Kier molecular flexibility index (Phi) is 4.57. The number of hydrogen-bond acceptors (Lipinski definition) is 2.